The van der Waals surface area contributed by atoms with E-state index in [9.17, 15) is 0 Å². The number of aromatic nitrogens is 1. The van der Waals surface area contributed by atoms with E-state index in [0.29, 0.717) is 6.04 Å². The van der Waals surface area contributed by atoms with Crippen molar-refractivity contribution >= 4 is 0 Å². The maximum Gasteiger partial charge on any atom is 0.0705 e. The normalized spacial score (nSPS) is 10.9. The standard InChI is InChI=1S/C16H20N2/c1-12(2)17-11-15-9-10-16(18-13(15)3)14-7-5-4-6-8-14/h4-10,12,17H,11H2,1-3H3. The Labute approximate surface area is 109 Å². The van der Waals surface area contributed by atoms with Crippen LogP contribution < -0.4 is 5.32 Å². The Morgan fingerprint density at radius 2 is 1.78 bits per heavy atom. The van der Waals surface area contributed by atoms with E-state index in [4.69, 9.17) is 0 Å². The molecule has 0 spiro atoms. The first-order chi connectivity index (χ1) is 8.66. The molecule has 1 aromatic heterocycles. The number of nitrogens with zero attached hydrogens (tertiary/aromatic N) is 1. The van der Waals surface area contributed by atoms with E-state index in [1.54, 1.807) is 0 Å². The van der Waals surface area contributed by atoms with Crippen LogP contribution in [0.4, 0.5) is 0 Å². The van der Waals surface area contributed by atoms with Crippen molar-refractivity contribution in [1.82, 2.24) is 10.3 Å². The predicted octanol–water partition coefficient (Wildman–Crippen LogP) is 3.56. The van der Waals surface area contributed by atoms with Crippen molar-refractivity contribution in [1.29, 1.82) is 0 Å². The summed E-state index contributed by atoms with van der Waals surface area (Å²) in [6, 6.07) is 15.1. The van der Waals surface area contributed by atoms with Gasteiger partial charge in [0.15, 0.2) is 0 Å². The van der Waals surface area contributed by atoms with Crippen molar-refractivity contribution in [2.45, 2.75) is 33.4 Å². The van der Waals surface area contributed by atoms with Gasteiger partial charge in [-0.25, -0.2) is 0 Å². The number of nitrogens with one attached hydrogen (secondary N) is 1. The number of rotatable bonds is 4. The van der Waals surface area contributed by atoms with Crippen LogP contribution in [0.5, 0.6) is 0 Å². The Bertz CT molecular complexity index is 504. The van der Waals surface area contributed by atoms with Gasteiger partial charge in [-0.05, 0) is 18.6 Å². The molecule has 2 rings (SSSR count). The van der Waals surface area contributed by atoms with E-state index >= 15 is 0 Å². The molecule has 0 bridgehead atoms. The van der Waals surface area contributed by atoms with Crippen molar-refractivity contribution in [3.63, 3.8) is 0 Å². The second-order valence-corrected chi connectivity index (χ2v) is 4.84. The van der Waals surface area contributed by atoms with Gasteiger partial charge >= 0.3 is 0 Å². The molecule has 94 valence electrons. The molecule has 0 aliphatic heterocycles. The SMILES string of the molecule is Cc1nc(-c2ccccc2)ccc1CNC(C)C. The quantitative estimate of drug-likeness (QED) is 0.884. The molecule has 2 nitrogen and oxygen atoms in total. The Hall–Kier alpha value is -1.67. The minimum atomic E-state index is 0.498. The van der Waals surface area contributed by atoms with Crippen LogP contribution in [0.15, 0.2) is 42.5 Å². The summed E-state index contributed by atoms with van der Waals surface area (Å²) in [6.07, 6.45) is 0. The monoisotopic (exact) mass is 240 g/mol. The molecule has 2 aromatic rings. The van der Waals surface area contributed by atoms with Gasteiger partial charge in [-0.2, -0.15) is 0 Å². The first kappa shape index (κ1) is 12.8. The van der Waals surface area contributed by atoms with Crippen LogP contribution in [-0.2, 0) is 6.54 Å². The Morgan fingerprint density at radius 1 is 1.06 bits per heavy atom. The van der Waals surface area contributed by atoms with E-state index in [1.165, 1.54) is 11.1 Å². The van der Waals surface area contributed by atoms with Crippen molar-refractivity contribution in [2.24, 2.45) is 0 Å². The van der Waals surface area contributed by atoms with Gasteiger partial charge in [-0.3, -0.25) is 4.98 Å². The predicted molar refractivity (Wildman–Crippen MR) is 76.4 cm³/mol. The molecule has 0 saturated carbocycles. The fraction of sp³-hybridized carbons (Fsp3) is 0.312. The highest BCUT2D eigenvalue weighted by Gasteiger charge is 2.04. The lowest BCUT2D eigenvalue weighted by Gasteiger charge is -2.11. The molecule has 0 fully saturated rings. The summed E-state index contributed by atoms with van der Waals surface area (Å²) in [4.78, 5) is 4.68. The lowest BCUT2D eigenvalue weighted by molar-refractivity contribution is 0.586. The van der Waals surface area contributed by atoms with Gasteiger partial charge < -0.3 is 5.32 Å². The van der Waals surface area contributed by atoms with Crippen LogP contribution >= 0.6 is 0 Å². The molecule has 0 unspecified atom stereocenters. The zero-order valence-corrected chi connectivity index (χ0v) is 11.3. The highest BCUT2D eigenvalue weighted by Crippen LogP contribution is 2.18. The summed E-state index contributed by atoms with van der Waals surface area (Å²) in [6.45, 7) is 7.26. The van der Waals surface area contributed by atoms with E-state index in [2.05, 4.69) is 55.3 Å². The van der Waals surface area contributed by atoms with Crippen LogP contribution in [-0.4, -0.2) is 11.0 Å². The lowest BCUT2D eigenvalue weighted by Crippen LogP contribution is -2.22. The summed E-state index contributed by atoms with van der Waals surface area (Å²) in [7, 11) is 0. The topological polar surface area (TPSA) is 24.9 Å². The molecule has 2 heteroatoms. The van der Waals surface area contributed by atoms with Crippen LogP contribution in [0.3, 0.4) is 0 Å². The van der Waals surface area contributed by atoms with Crippen LogP contribution in [0.25, 0.3) is 11.3 Å². The Kier molecular flexibility index (Phi) is 4.11. The number of aryl methyl sites for hydroxylation is 1. The molecule has 1 N–H and O–H groups in total. The third-order valence-electron chi connectivity index (χ3n) is 2.97. The number of benzene rings is 1. The molecule has 0 saturated heterocycles. The maximum absolute atomic E-state index is 4.68. The molecular formula is C16H20N2. The van der Waals surface area contributed by atoms with Crippen molar-refractivity contribution in [3.8, 4) is 11.3 Å². The minimum Gasteiger partial charge on any atom is -0.310 e. The molecule has 0 aliphatic carbocycles. The van der Waals surface area contributed by atoms with E-state index < -0.39 is 0 Å². The summed E-state index contributed by atoms with van der Waals surface area (Å²) in [5.74, 6) is 0. The zero-order chi connectivity index (χ0) is 13.0. The van der Waals surface area contributed by atoms with E-state index in [-0.39, 0.29) is 0 Å². The molecule has 0 aliphatic rings. The van der Waals surface area contributed by atoms with Crippen LogP contribution in [0.2, 0.25) is 0 Å². The fourth-order valence-electron chi connectivity index (χ4n) is 1.86. The van der Waals surface area contributed by atoms with E-state index in [0.717, 1.165) is 17.9 Å². The van der Waals surface area contributed by atoms with Gasteiger partial charge in [-0.15, -0.1) is 0 Å². The van der Waals surface area contributed by atoms with Crippen molar-refractivity contribution < 1.29 is 0 Å². The molecule has 1 heterocycles. The van der Waals surface area contributed by atoms with Crippen molar-refractivity contribution in [2.75, 3.05) is 0 Å². The van der Waals surface area contributed by atoms with Gasteiger partial charge in [0.1, 0.15) is 0 Å². The second kappa shape index (κ2) is 5.78. The molecule has 0 amide bonds. The van der Waals surface area contributed by atoms with Gasteiger partial charge in [0.2, 0.25) is 0 Å². The van der Waals surface area contributed by atoms with Gasteiger partial charge in [0, 0.05) is 23.8 Å². The van der Waals surface area contributed by atoms with Gasteiger partial charge in [-0.1, -0.05) is 50.2 Å². The van der Waals surface area contributed by atoms with E-state index in [1.807, 2.05) is 18.2 Å². The molecule has 0 radical (unpaired) electrons. The first-order valence-corrected chi connectivity index (χ1v) is 6.42. The van der Waals surface area contributed by atoms with Crippen LogP contribution in [0, 0.1) is 6.92 Å². The average Bonchev–Trinajstić information content (AvgIpc) is 2.38. The molecular weight excluding hydrogens is 220 g/mol. The average molecular weight is 240 g/mol. The minimum absolute atomic E-state index is 0.498. The largest absolute Gasteiger partial charge is 0.310 e. The van der Waals surface area contributed by atoms with Gasteiger partial charge in [0.05, 0.1) is 5.69 Å². The molecule has 1 aromatic carbocycles. The number of pyridine rings is 1. The number of hydrogen-bond donors (Lipinski definition) is 1. The fourth-order valence-corrected chi connectivity index (χ4v) is 1.86. The third kappa shape index (κ3) is 3.17. The summed E-state index contributed by atoms with van der Waals surface area (Å²) in [5.41, 5.74) is 4.58. The Morgan fingerprint density at radius 3 is 2.39 bits per heavy atom. The summed E-state index contributed by atoms with van der Waals surface area (Å²) < 4.78 is 0. The molecule has 0 atom stereocenters. The van der Waals surface area contributed by atoms with Gasteiger partial charge in [0.25, 0.3) is 0 Å². The van der Waals surface area contributed by atoms with Crippen LogP contribution in [0.1, 0.15) is 25.1 Å². The highest BCUT2D eigenvalue weighted by molar-refractivity contribution is 5.59. The summed E-state index contributed by atoms with van der Waals surface area (Å²) >= 11 is 0. The Balaban J connectivity index is 2.20. The first-order valence-electron chi connectivity index (χ1n) is 6.42. The molecule has 18 heavy (non-hydrogen) atoms. The third-order valence-corrected chi connectivity index (χ3v) is 2.97. The number of hydrogen-bond acceptors (Lipinski definition) is 2. The van der Waals surface area contributed by atoms with Crippen molar-refractivity contribution in [3.05, 3.63) is 53.7 Å². The maximum atomic E-state index is 4.68. The second-order valence-electron chi connectivity index (χ2n) is 4.84. The summed E-state index contributed by atoms with van der Waals surface area (Å²) in [5, 5.41) is 3.42. The smallest absolute Gasteiger partial charge is 0.0705 e. The highest BCUT2D eigenvalue weighted by atomic mass is 14.9. The zero-order valence-electron chi connectivity index (χ0n) is 11.3. The lowest BCUT2D eigenvalue weighted by atomic mass is 10.1.